The molecule has 3 aromatic carbocycles. The van der Waals surface area contributed by atoms with Gasteiger partial charge in [0.2, 0.25) is 0 Å². The van der Waals surface area contributed by atoms with Crippen LogP contribution < -0.4 is 15.0 Å². The molecule has 146 valence electrons. The maximum Gasteiger partial charge on any atom is 0.255 e. The molecule has 4 nitrogen and oxygen atoms in total. The molecule has 0 fully saturated rings. The number of carbonyl (C=O) groups is 1. The van der Waals surface area contributed by atoms with Gasteiger partial charge in [0.1, 0.15) is 12.4 Å². The number of hydrogen-bond donors (Lipinski definition) is 1. The lowest BCUT2D eigenvalue weighted by molar-refractivity contribution is 0.102. The van der Waals surface area contributed by atoms with E-state index in [1.54, 1.807) is 12.1 Å². The van der Waals surface area contributed by atoms with Gasteiger partial charge in [-0.25, -0.2) is 0 Å². The van der Waals surface area contributed by atoms with Gasteiger partial charge in [-0.1, -0.05) is 49.1 Å². The summed E-state index contributed by atoms with van der Waals surface area (Å²) in [5.41, 5.74) is 5.25. The van der Waals surface area contributed by atoms with Gasteiger partial charge in [-0.2, -0.15) is 0 Å². The van der Waals surface area contributed by atoms with Crippen LogP contribution in [0.1, 0.15) is 21.5 Å². The molecule has 1 aliphatic rings. The lowest BCUT2D eigenvalue weighted by Crippen LogP contribution is -2.19. The molecule has 4 rings (SSSR count). The van der Waals surface area contributed by atoms with E-state index in [2.05, 4.69) is 41.1 Å². The number of rotatable bonds is 7. The zero-order chi connectivity index (χ0) is 20.1. The molecule has 0 atom stereocenters. The van der Waals surface area contributed by atoms with Crippen molar-refractivity contribution in [2.24, 2.45) is 0 Å². The van der Waals surface area contributed by atoms with Crippen LogP contribution in [0.5, 0.6) is 5.75 Å². The Morgan fingerprint density at radius 3 is 2.72 bits per heavy atom. The van der Waals surface area contributed by atoms with Crippen LogP contribution >= 0.6 is 0 Å². The predicted molar refractivity (Wildman–Crippen MR) is 118 cm³/mol. The molecule has 0 unspecified atom stereocenters. The van der Waals surface area contributed by atoms with Gasteiger partial charge in [-0.15, -0.1) is 0 Å². The molecule has 1 heterocycles. The minimum absolute atomic E-state index is 0.135. The van der Waals surface area contributed by atoms with Gasteiger partial charge in [0, 0.05) is 36.1 Å². The van der Waals surface area contributed by atoms with Gasteiger partial charge >= 0.3 is 0 Å². The van der Waals surface area contributed by atoms with Crippen LogP contribution in [-0.4, -0.2) is 19.1 Å². The van der Waals surface area contributed by atoms with Crippen LogP contribution in [0.2, 0.25) is 0 Å². The van der Waals surface area contributed by atoms with E-state index in [9.17, 15) is 4.79 Å². The van der Waals surface area contributed by atoms with E-state index in [-0.39, 0.29) is 5.91 Å². The molecule has 1 amide bonds. The second-order valence-corrected chi connectivity index (χ2v) is 7.08. The Bertz CT molecular complexity index is 1010. The SMILES string of the molecule is C=CCOc1cccc(NC(=O)c2ccc(CN3CCc4ccccc43)cc2)c1. The summed E-state index contributed by atoms with van der Waals surface area (Å²) < 4.78 is 5.51. The van der Waals surface area contributed by atoms with Crippen LogP contribution in [-0.2, 0) is 13.0 Å². The summed E-state index contributed by atoms with van der Waals surface area (Å²) in [4.78, 5) is 15.0. The van der Waals surface area contributed by atoms with Gasteiger partial charge in [0.05, 0.1) is 0 Å². The fraction of sp³-hybridized carbons (Fsp3) is 0.160. The Morgan fingerprint density at radius 2 is 1.90 bits per heavy atom. The fourth-order valence-corrected chi connectivity index (χ4v) is 3.57. The number of benzene rings is 3. The molecule has 1 N–H and O–H groups in total. The number of nitrogens with zero attached hydrogens (tertiary/aromatic N) is 1. The second-order valence-electron chi connectivity index (χ2n) is 7.08. The molecular formula is C25H24N2O2. The number of para-hydroxylation sites is 1. The average molecular weight is 384 g/mol. The van der Waals surface area contributed by atoms with Crippen LogP contribution in [0.4, 0.5) is 11.4 Å². The van der Waals surface area contributed by atoms with Crippen molar-refractivity contribution in [2.75, 3.05) is 23.4 Å². The predicted octanol–water partition coefficient (Wildman–Crippen LogP) is 5.07. The highest BCUT2D eigenvalue weighted by Gasteiger charge is 2.18. The van der Waals surface area contributed by atoms with Gasteiger partial charge in [-0.3, -0.25) is 4.79 Å². The zero-order valence-electron chi connectivity index (χ0n) is 16.3. The van der Waals surface area contributed by atoms with Crippen molar-refractivity contribution in [3.05, 3.63) is 102 Å². The Balaban J connectivity index is 1.39. The van der Waals surface area contributed by atoms with Crippen molar-refractivity contribution in [2.45, 2.75) is 13.0 Å². The maximum atomic E-state index is 12.6. The highest BCUT2D eigenvalue weighted by Crippen LogP contribution is 2.28. The first-order valence-corrected chi connectivity index (χ1v) is 9.80. The molecule has 4 heteroatoms. The van der Waals surface area contributed by atoms with Gasteiger partial charge in [-0.05, 0) is 47.9 Å². The zero-order valence-corrected chi connectivity index (χ0v) is 16.3. The van der Waals surface area contributed by atoms with Crippen molar-refractivity contribution in [1.29, 1.82) is 0 Å². The molecule has 0 aromatic heterocycles. The first-order chi connectivity index (χ1) is 14.2. The summed E-state index contributed by atoms with van der Waals surface area (Å²) in [6, 6.07) is 23.7. The standard InChI is InChI=1S/C25H24N2O2/c1-2-16-29-23-8-5-7-22(17-23)26-25(28)21-12-10-19(11-13-21)18-27-15-14-20-6-3-4-9-24(20)27/h2-13,17H,1,14-16,18H2,(H,26,28). The van der Waals surface area contributed by atoms with E-state index in [4.69, 9.17) is 4.74 Å². The number of nitrogens with one attached hydrogen (secondary N) is 1. The number of anilines is 2. The third-order valence-corrected chi connectivity index (χ3v) is 5.03. The summed E-state index contributed by atoms with van der Waals surface area (Å²) >= 11 is 0. The Kier molecular flexibility index (Phi) is 5.61. The molecule has 29 heavy (non-hydrogen) atoms. The van der Waals surface area contributed by atoms with Crippen LogP contribution in [0.15, 0.2) is 85.5 Å². The molecule has 0 saturated heterocycles. The molecule has 1 aliphatic heterocycles. The van der Waals surface area contributed by atoms with Crippen LogP contribution in [0, 0.1) is 0 Å². The Labute approximate surface area is 171 Å². The number of hydrogen-bond acceptors (Lipinski definition) is 3. The topological polar surface area (TPSA) is 41.6 Å². The Morgan fingerprint density at radius 1 is 1.07 bits per heavy atom. The van der Waals surface area contributed by atoms with E-state index in [1.807, 2.05) is 42.5 Å². The van der Waals surface area contributed by atoms with Crippen LogP contribution in [0.3, 0.4) is 0 Å². The third-order valence-electron chi connectivity index (χ3n) is 5.03. The highest BCUT2D eigenvalue weighted by molar-refractivity contribution is 6.04. The first kappa shape index (κ1) is 18.8. The average Bonchev–Trinajstić information content (AvgIpc) is 3.16. The first-order valence-electron chi connectivity index (χ1n) is 9.80. The molecule has 0 bridgehead atoms. The van der Waals surface area contributed by atoms with Crippen molar-refractivity contribution < 1.29 is 9.53 Å². The number of ether oxygens (including phenoxy) is 1. The summed E-state index contributed by atoms with van der Waals surface area (Å²) in [5, 5.41) is 2.93. The molecular weight excluding hydrogens is 360 g/mol. The number of fused-ring (bicyclic) bond motifs is 1. The maximum absolute atomic E-state index is 12.6. The fourth-order valence-electron chi connectivity index (χ4n) is 3.57. The lowest BCUT2D eigenvalue weighted by Gasteiger charge is -2.19. The van der Waals surface area contributed by atoms with E-state index in [0.717, 1.165) is 19.5 Å². The quantitative estimate of drug-likeness (QED) is 0.579. The molecule has 0 saturated carbocycles. The van der Waals surface area contributed by atoms with E-state index in [1.165, 1.54) is 16.8 Å². The number of carbonyl (C=O) groups excluding carboxylic acids is 1. The minimum Gasteiger partial charge on any atom is -0.489 e. The van der Waals surface area contributed by atoms with Gasteiger partial charge in [0.25, 0.3) is 5.91 Å². The smallest absolute Gasteiger partial charge is 0.255 e. The van der Waals surface area contributed by atoms with Crippen molar-refractivity contribution in [3.8, 4) is 5.75 Å². The Hall–Kier alpha value is -3.53. The monoisotopic (exact) mass is 384 g/mol. The van der Waals surface area contributed by atoms with Crippen molar-refractivity contribution in [3.63, 3.8) is 0 Å². The minimum atomic E-state index is -0.135. The van der Waals surface area contributed by atoms with Gasteiger partial charge in [0.15, 0.2) is 0 Å². The van der Waals surface area contributed by atoms with Crippen molar-refractivity contribution >= 4 is 17.3 Å². The summed E-state index contributed by atoms with van der Waals surface area (Å²) in [5.74, 6) is 0.563. The number of amides is 1. The van der Waals surface area contributed by atoms with E-state index in [0.29, 0.717) is 23.6 Å². The third kappa shape index (κ3) is 4.49. The largest absolute Gasteiger partial charge is 0.489 e. The second kappa shape index (κ2) is 8.65. The highest BCUT2D eigenvalue weighted by atomic mass is 16.5. The van der Waals surface area contributed by atoms with Gasteiger partial charge < -0.3 is 15.0 Å². The summed E-state index contributed by atoms with van der Waals surface area (Å²) in [6.07, 6.45) is 2.78. The lowest BCUT2D eigenvalue weighted by atomic mass is 10.1. The molecule has 0 radical (unpaired) electrons. The molecule has 0 spiro atoms. The summed E-state index contributed by atoms with van der Waals surface area (Å²) in [7, 11) is 0. The molecule has 0 aliphatic carbocycles. The normalized spacial score (nSPS) is 12.3. The van der Waals surface area contributed by atoms with E-state index < -0.39 is 0 Å². The van der Waals surface area contributed by atoms with Crippen LogP contribution in [0.25, 0.3) is 0 Å². The van der Waals surface area contributed by atoms with Crippen molar-refractivity contribution in [1.82, 2.24) is 0 Å². The molecule has 3 aromatic rings. The van der Waals surface area contributed by atoms with E-state index >= 15 is 0 Å². The summed E-state index contributed by atoms with van der Waals surface area (Å²) in [6.45, 7) is 5.95.